The molecule has 1 fully saturated rings. The van der Waals surface area contributed by atoms with Crippen LogP contribution in [0.1, 0.15) is 53.9 Å². The maximum Gasteiger partial charge on any atom is 0.0400 e. The highest BCUT2D eigenvalue weighted by atomic mass is 15.3. The Morgan fingerprint density at radius 2 is 1.87 bits per heavy atom. The molecule has 2 aliphatic rings. The summed E-state index contributed by atoms with van der Waals surface area (Å²) in [6.07, 6.45) is 6.62. The molecule has 0 bridgehead atoms. The van der Waals surface area contributed by atoms with Gasteiger partial charge >= 0.3 is 0 Å². The normalized spacial score (nSPS) is 25.9. The monoisotopic (exact) mass is 207 g/mol. The molecular formula is C14H25N. The van der Waals surface area contributed by atoms with Crippen LogP contribution in [0.5, 0.6) is 0 Å². The second kappa shape index (κ2) is 3.35. The van der Waals surface area contributed by atoms with Crippen LogP contribution in [-0.2, 0) is 0 Å². The third kappa shape index (κ3) is 1.99. The number of hydrogen-bond acceptors (Lipinski definition) is 1. The zero-order valence-electron chi connectivity index (χ0n) is 10.9. The summed E-state index contributed by atoms with van der Waals surface area (Å²) in [5, 5.41) is 0. The minimum atomic E-state index is 0.329. The van der Waals surface area contributed by atoms with Crippen LogP contribution >= 0.6 is 0 Å². The highest BCUT2D eigenvalue weighted by Gasteiger charge is 2.51. The second-order valence-electron chi connectivity index (χ2n) is 6.55. The highest BCUT2D eigenvalue weighted by Crippen LogP contribution is 2.50. The van der Waals surface area contributed by atoms with Crippen LogP contribution in [0.15, 0.2) is 11.6 Å². The summed E-state index contributed by atoms with van der Waals surface area (Å²) in [6.45, 7) is 13.0. The average molecular weight is 207 g/mol. The zero-order chi connectivity index (χ0) is 11.3. The van der Waals surface area contributed by atoms with Crippen LogP contribution < -0.4 is 0 Å². The van der Waals surface area contributed by atoms with Crippen molar-refractivity contribution in [2.45, 2.75) is 65.0 Å². The number of rotatable bonds is 1. The Labute approximate surface area is 94.5 Å². The van der Waals surface area contributed by atoms with Gasteiger partial charge in [-0.05, 0) is 46.0 Å². The molecule has 0 radical (unpaired) electrons. The molecule has 1 saturated carbocycles. The van der Waals surface area contributed by atoms with Crippen LogP contribution in [0.2, 0.25) is 0 Å². The lowest BCUT2D eigenvalue weighted by Gasteiger charge is -2.44. The molecule has 86 valence electrons. The number of nitrogens with zero attached hydrogens (tertiary/aromatic N) is 1. The van der Waals surface area contributed by atoms with E-state index in [-0.39, 0.29) is 0 Å². The molecule has 15 heavy (non-hydrogen) atoms. The van der Waals surface area contributed by atoms with Gasteiger partial charge in [-0.3, -0.25) is 4.90 Å². The van der Waals surface area contributed by atoms with Gasteiger partial charge in [0.25, 0.3) is 0 Å². The Morgan fingerprint density at radius 1 is 1.27 bits per heavy atom. The van der Waals surface area contributed by atoms with E-state index in [0.717, 1.165) is 5.92 Å². The van der Waals surface area contributed by atoms with E-state index < -0.39 is 0 Å². The van der Waals surface area contributed by atoms with E-state index >= 15 is 0 Å². The van der Waals surface area contributed by atoms with Crippen molar-refractivity contribution in [1.29, 1.82) is 0 Å². The van der Waals surface area contributed by atoms with Gasteiger partial charge in [-0.15, -0.1) is 0 Å². The highest BCUT2D eigenvalue weighted by molar-refractivity contribution is 5.28. The standard InChI is InChI=1S/C14H25N/c1-11(2)12-6-9-15(13(3,4)5)14(10-12)7-8-14/h10-11H,6-9H2,1-5H3. The molecule has 0 N–H and O–H groups in total. The average Bonchev–Trinajstić information content (AvgIpc) is 2.82. The summed E-state index contributed by atoms with van der Waals surface area (Å²) < 4.78 is 0. The van der Waals surface area contributed by atoms with Crippen molar-refractivity contribution < 1.29 is 0 Å². The fourth-order valence-corrected chi connectivity index (χ4v) is 2.96. The minimum absolute atomic E-state index is 0.329. The minimum Gasteiger partial charge on any atom is -0.289 e. The van der Waals surface area contributed by atoms with Crippen LogP contribution in [0, 0.1) is 5.92 Å². The van der Waals surface area contributed by atoms with E-state index in [0.29, 0.717) is 11.1 Å². The molecule has 0 unspecified atom stereocenters. The molecule has 0 saturated heterocycles. The van der Waals surface area contributed by atoms with Gasteiger partial charge in [0.15, 0.2) is 0 Å². The van der Waals surface area contributed by atoms with Crippen molar-refractivity contribution in [1.82, 2.24) is 4.90 Å². The molecule has 0 aromatic carbocycles. The van der Waals surface area contributed by atoms with E-state index in [4.69, 9.17) is 0 Å². The lowest BCUT2D eigenvalue weighted by molar-refractivity contribution is 0.0829. The molecular weight excluding hydrogens is 182 g/mol. The molecule has 1 aliphatic heterocycles. The number of hydrogen-bond donors (Lipinski definition) is 0. The fourth-order valence-electron chi connectivity index (χ4n) is 2.96. The van der Waals surface area contributed by atoms with E-state index in [9.17, 15) is 0 Å². The zero-order valence-corrected chi connectivity index (χ0v) is 10.9. The Morgan fingerprint density at radius 3 is 2.27 bits per heavy atom. The lowest BCUT2D eigenvalue weighted by Crippen LogP contribution is -2.51. The van der Waals surface area contributed by atoms with E-state index in [1.807, 2.05) is 0 Å². The first kappa shape index (κ1) is 11.2. The molecule has 1 heterocycles. The lowest BCUT2D eigenvalue weighted by atomic mass is 9.89. The van der Waals surface area contributed by atoms with Gasteiger partial charge in [-0.2, -0.15) is 0 Å². The molecule has 0 aromatic heterocycles. The van der Waals surface area contributed by atoms with Crippen molar-refractivity contribution >= 4 is 0 Å². The maximum absolute atomic E-state index is 2.71. The molecule has 1 heteroatoms. The van der Waals surface area contributed by atoms with Crippen LogP contribution in [0.3, 0.4) is 0 Å². The second-order valence-corrected chi connectivity index (χ2v) is 6.55. The Kier molecular flexibility index (Phi) is 2.50. The molecule has 1 nitrogen and oxygen atoms in total. The summed E-state index contributed by atoms with van der Waals surface area (Å²) in [5.74, 6) is 0.740. The van der Waals surface area contributed by atoms with E-state index in [1.165, 1.54) is 25.8 Å². The summed E-state index contributed by atoms with van der Waals surface area (Å²) in [5.41, 5.74) is 2.47. The first-order chi connectivity index (χ1) is 6.85. The Bertz CT molecular complexity index is 276. The predicted molar refractivity (Wildman–Crippen MR) is 66.0 cm³/mol. The predicted octanol–water partition coefficient (Wildman–Crippen LogP) is 3.61. The van der Waals surface area contributed by atoms with Crippen LogP contribution in [-0.4, -0.2) is 22.5 Å². The third-order valence-corrected chi connectivity index (χ3v) is 3.93. The Balaban J connectivity index is 2.22. The van der Waals surface area contributed by atoms with Gasteiger partial charge in [-0.25, -0.2) is 0 Å². The first-order valence-corrected chi connectivity index (χ1v) is 6.34. The van der Waals surface area contributed by atoms with Crippen molar-refractivity contribution in [3.63, 3.8) is 0 Å². The smallest absolute Gasteiger partial charge is 0.0400 e. The summed E-state index contributed by atoms with van der Waals surface area (Å²) >= 11 is 0. The van der Waals surface area contributed by atoms with Gasteiger partial charge in [0, 0.05) is 17.6 Å². The van der Waals surface area contributed by atoms with E-state index in [2.05, 4.69) is 45.6 Å². The molecule has 1 spiro atoms. The molecule has 0 amide bonds. The van der Waals surface area contributed by atoms with Crippen molar-refractivity contribution in [3.05, 3.63) is 11.6 Å². The Hall–Kier alpha value is -0.300. The SMILES string of the molecule is CC(C)C1=CC2(CC2)N(C(C)(C)C)CC1. The summed E-state index contributed by atoms with van der Waals surface area (Å²) in [7, 11) is 0. The van der Waals surface area contributed by atoms with Crippen molar-refractivity contribution in [2.75, 3.05) is 6.54 Å². The molecule has 1 aliphatic carbocycles. The quantitative estimate of drug-likeness (QED) is 0.594. The fraction of sp³-hybridized carbons (Fsp3) is 0.857. The van der Waals surface area contributed by atoms with Gasteiger partial charge in [0.2, 0.25) is 0 Å². The van der Waals surface area contributed by atoms with Crippen molar-refractivity contribution in [3.8, 4) is 0 Å². The van der Waals surface area contributed by atoms with Gasteiger partial charge in [0.1, 0.15) is 0 Å². The van der Waals surface area contributed by atoms with Crippen LogP contribution in [0.25, 0.3) is 0 Å². The first-order valence-electron chi connectivity index (χ1n) is 6.34. The topological polar surface area (TPSA) is 3.24 Å². The van der Waals surface area contributed by atoms with Gasteiger partial charge in [-0.1, -0.05) is 25.5 Å². The van der Waals surface area contributed by atoms with Gasteiger partial charge in [0.05, 0.1) is 0 Å². The largest absolute Gasteiger partial charge is 0.289 e. The maximum atomic E-state index is 2.71. The molecule has 0 aromatic rings. The van der Waals surface area contributed by atoms with Crippen molar-refractivity contribution in [2.24, 2.45) is 5.92 Å². The molecule has 2 rings (SSSR count). The van der Waals surface area contributed by atoms with E-state index in [1.54, 1.807) is 5.57 Å². The molecule has 0 atom stereocenters. The summed E-state index contributed by atoms with van der Waals surface area (Å²) in [6, 6.07) is 0. The van der Waals surface area contributed by atoms with Gasteiger partial charge < -0.3 is 0 Å². The summed E-state index contributed by atoms with van der Waals surface area (Å²) in [4.78, 5) is 2.71. The third-order valence-electron chi connectivity index (χ3n) is 3.93. The van der Waals surface area contributed by atoms with Crippen LogP contribution in [0.4, 0.5) is 0 Å².